The van der Waals surface area contributed by atoms with E-state index in [1.807, 2.05) is 31.2 Å². The van der Waals surface area contributed by atoms with E-state index >= 15 is 0 Å². The van der Waals surface area contributed by atoms with Gasteiger partial charge in [-0.2, -0.15) is 8.91 Å². The lowest BCUT2D eigenvalue weighted by atomic mass is 10.1. The second kappa shape index (κ2) is 3.80. The molecule has 0 aliphatic carbocycles. The molecule has 18 heavy (non-hydrogen) atoms. The van der Waals surface area contributed by atoms with Crippen molar-refractivity contribution in [3.05, 3.63) is 47.9 Å². The summed E-state index contributed by atoms with van der Waals surface area (Å²) in [5, 5.41) is 13.6. The van der Waals surface area contributed by atoms with Crippen LogP contribution in [0, 0.1) is 12.9 Å². The van der Waals surface area contributed by atoms with E-state index in [0.717, 1.165) is 15.6 Å². The lowest BCUT2D eigenvalue weighted by molar-refractivity contribution is 0.431. The van der Waals surface area contributed by atoms with Gasteiger partial charge in [-0.15, -0.1) is 5.10 Å². The first-order chi connectivity index (χ1) is 8.65. The first-order valence-corrected chi connectivity index (χ1v) is 5.46. The summed E-state index contributed by atoms with van der Waals surface area (Å²) in [6.45, 7) is 1.98. The molecule has 2 heterocycles. The Labute approximate surface area is 102 Å². The number of aryl methyl sites for hydroxylation is 1. The van der Waals surface area contributed by atoms with Gasteiger partial charge >= 0.3 is 0 Å². The van der Waals surface area contributed by atoms with Crippen LogP contribution in [0.5, 0.6) is 5.88 Å². The normalized spacial score (nSPS) is 11.0. The topological polar surface area (TPSA) is 50.4 Å². The standard InChI is InChI=1S/C13H10FN3O/c1-8-2-4-9(5-3-8)12-13(18)17-11(15-12)7-6-10(14)16-17/h2-7,18H,1H3. The first kappa shape index (κ1) is 10.7. The van der Waals surface area contributed by atoms with Crippen LogP contribution < -0.4 is 0 Å². The van der Waals surface area contributed by atoms with Crippen LogP contribution in [-0.2, 0) is 0 Å². The zero-order valence-electron chi connectivity index (χ0n) is 9.63. The molecule has 0 bridgehead atoms. The number of aromatic nitrogens is 3. The van der Waals surface area contributed by atoms with Gasteiger partial charge in [-0.3, -0.25) is 0 Å². The van der Waals surface area contributed by atoms with E-state index in [9.17, 15) is 9.50 Å². The van der Waals surface area contributed by atoms with Crippen molar-refractivity contribution < 1.29 is 9.50 Å². The summed E-state index contributed by atoms with van der Waals surface area (Å²) in [6.07, 6.45) is 0. The molecule has 0 aliphatic heterocycles. The Hall–Kier alpha value is -2.43. The third-order valence-corrected chi connectivity index (χ3v) is 2.75. The molecule has 0 aliphatic rings. The van der Waals surface area contributed by atoms with Crippen LogP contribution in [-0.4, -0.2) is 19.7 Å². The summed E-state index contributed by atoms with van der Waals surface area (Å²) in [7, 11) is 0. The number of nitrogens with zero attached hydrogens (tertiary/aromatic N) is 3. The molecular weight excluding hydrogens is 233 g/mol. The molecular formula is C13H10FN3O. The quantitative estimate of drug-likeness (QED) is 0.714. The molecule has 3 rings (SSSR count). The van der Waals surface area contributed by atoms with Crippen LogP contribution in [0.1, 0.15) is 5.56 Å². The lowest BCUT2D eigenvalue weighted by Gasteiger charge is -1.98. The number of imidazole rings is 1. The molecule has 0 atom stereocenters. The van der Waals surface area contributed by atoms with Gasteiger partial charge in [0.25, 0.3) is 0 Å². The van der Waals surface area contributed by atoms with Crippen molar-refractivity contribution in [2.45, 2.75) is 6.92 Å². The van der Waals surface area contributed by atoms with Gasteiger partial charge in [-0.05, 0) is 19.1 Å². The minimum absolute atomic E-state index is 0.159. The summed E-state index contributed by atoms with van der Waals surface area (Å²) in [4.78, 5) is 4.24. The van der Waals surface area contributed by atoms with E-state index in [1.54, 1.807) is 0 Å². The van der Waals surface area contributed by atoms with Crippen LogP contribution in [0.25, 0.3) is 16.9 Å². The maximum Gasteiger partial charge on any atom is 0.241 e. The average Bonchev–Trinajstić information content (AvgIpc) is 2.68. The summed E-state index contributed by atoms with van der Waals surface area (Å²) < 4.78 is 14.1. The molecule has 0 amide bonds. The van der Waals surface area contributed by atoms with Gasteiger partial charge in [-0.1, -0.05) is 29.8 Å². The van der Waals surface area contributed by atoms with Crippen LogP contribution in [0.2, 0.25) is 0 Å². The largest absolute Gasteiger partial charge is 0.492 e. The number of fused-ring (bicyclic) bond motifs is 1. The SMILES string of the molecule is Cc1ccc(-c2nc3ccc(F)nn3c2O)cc1. The molecule has 3 aromatic rings. The van der Waals surface area contributed by atoms with E-state index in [2.05, 4.69) is 10.1 Å². The zero-order valence-corrected chi connectivity index (χ0v) is 9.63. The van der Waals surface area contributed by atoms with Crippen molar-refractivity contribution in [1.29, 1.82) is 0 Å². The Bertz CT molecular complexity index is 719. The van der Waals surface area contributed by atoms with Crippen LogP contribution in [0.15, 0.2) is 36.4 Å². The Kier molecular flexibility index (Phi) is 2.26. The van der Waals surface area contributed by atoms with Gasteiger partial charge < -0.3 is 5.11 Å². The number of halogens is 1. The van der Waals surface area contributed by atoms with Crippen molar-refractivity contribution >= 4 is 5.65 Å². The van der Waals surface area contributed by atoms with Crippen LogP contribution in [0.4, 0.5) is 4.39 Å². The average molecular weight is 243 g/mol. The van der Waals surface area contributed by atoms with E-state index in [0.29, 0.717) is 11.3 Å². The first-order valence-electron chi connectivity index (χ1n) is 5.46. The summed E-state index contributed by atoms with van der Waals surface area (Å²) in [6, 6.07) is 10.2. The molecule has 1 aromatic carbocycles. The smallest absolute Gasteiger partial charge is 0.241 e. The lowest BCUT2D eigenvalue weighted by Crippen LogP contribution is -1.93. The Morgan fingerprint density at radius 3 is 2.56 bits per heavy atom. The third-order valence-electron chi connectivity index (χ3n) is 2.75. The summed E-state index contributed by atoms with van der Waals surface area (Å²) in [5.74, 6) is -0.820. The van der Waals surface area contributed by atoms with Gasteiger partial charge in [0.05, 0.1) is 0 Å². The minimum atomic E-state index is -0.661. The fourth-order valence-corrected chi connectivity index (χ4v) is 1.80. The third kappa shape index (κ3) is 1.60. The van der Waals surface area contributed by atoms with Gasteiger partial charge in [0, 0.05) is 5.56 Å². The van der Waals surface area contributed by atoms with E-state index < -0.39 is 5.95 Å². The molecule has 1 N–H and O–H groups in total. The van der Waals surface area contributed by atoms with Gasteiger partial charge in [0.15, 0.2) is 5.65 Å². The number of benzene rings is 1. The molecule has 90 valence electrons. The Morgan fingerprint density at radius 1 is 1.11 bits per heavy atom. The fraction of sp³-hybridized carbons (Fsp3) is 0.0769. The van der Waals surface area contributed by atoms with Gasteiger partial charge in [-0.25, -0.2) is 4.98 Å². The molecule has 4 nitrogen and oxygen atoms in total. The second-order valence-electron chi connectivity index (χ2n) is 4.08. The predicted molar refractivity (Wildman–Crippen MR) is 64.8 cm³/mol. The predicted octanol–water partition coefficient (Wildman–Crippen LogP) is 2.55. The number of hydrogen-bond donors (Lipinski definition) is 1. The van der Waals surface area contributed by atoms with Crippen molar-refractivity contribution in [3.8, 4) is 17.1 Å². The van der Waals surface area contributed by atoms with Crippen molar-refractivity contribution in [2.75, 3.05) is 0 Å². The molecule has 0 unspecified atom stereocenters. The number of aromatic hydroxyl groups is 1. The highest BCUT2D eigenvalue weighted by Crippen LogP contribution is 2.28. The summed E-state index contributed by atoms with van der Waals surface area (Å²) >= 11 is 0. The zero-order chi connectivity index (χ0) is 12.7. The number of hydrogen-bond acceptors (Lipinski definition) is 3. The Morgan fingerprint density at radius 2 is 1.83 bits per heavy atom. The minimum Gasteiger partial charge on any atom is -0.492 e. The maximum absolute atomic E-state index is 13.0. The summed E-state index contributed by atoms with van der Waals surface area (Å²) in [5.41, 5.74) is 2.69. The Balaban J connectivity index is 2.23. The molecule has 0 spiro atoms. The van der Waals surface area contributed by atoms with Gasteiger partial charge in [0.2, 0.25) is 11.8 Å². The second-order valence-corrected chi connectivity index (χ2v) is 4.08. The van der Waals surface area contributed by atoms with Crippen molar-refractivity contribution in [2.24, 2.45) is 0 Å². The van der Waals surface area contributed by atoms with Gasteiger partial charge in [0.1, 0.15) is 5.69 Å². The van der Waals surface area contributed by atoms with Crippen molar-refractivity contribution in [3.63, 3.8) is 0 Å². The monoisotopic (exact) mass is 243 g/mol. The molecule has 0 saturated carbocycles. The highest BCUT2D eigenvalue weighted by Gasteiger charge is 2.14. The highest BCUT2D eigenvalue weighted by atomic mass is 19.1. The van der Waals surface area contributed by atoms with E-state index in [1.165, 1.54) is 12.1 Å². The van der Waals surface area contributed by atoms with E-state index in [-0.39, 0.29) is 5.88 Å². The number of rotatable bonds is 1. The van der Waals surface area contributed by atoms with Crippen LogP contribution >= 0.6 is 0 Å². The molecule has 0 saturated heterocycles. The molecule has 5 heteroatoms. The molecule has 0 fully saturated rings. The fourth-order valence-electron chi connectivity index (χ4n) is 1.80. The van der Waals surface area contributed by atoms with E-state index in [4.69, 9.17) is 0 Å². The molecule has 0 radical (unpaired) electrons. The maximum atomic E-state index is 13.0. The van der Waals surface area contributed by atoms with Crippen LogP contribution in [0.3, 0.4) is 0 Å². The highest BCUT2D eigenvalue weighted by molar-refractivity contribution is 5.68. The molecule has 2 aromatic heterocycles. The van der Waals surface area contributed by atoms with Crippen molar-refractivity contribution in [1.82, 2.24) is 14.6 Å².